The Hall–Kier alpha value is -1.94. The van der Waals surface area contributed by atoms with Crippen molar-refractivity contribution in [3.63, 3.8) is 0 Å². The summed E-state index contributed by atoms with van der Waals surface area (Å²) in [6.07, 6.45) is 3.16. The largest absolute Gasteiger partial charge is 0.457 e. The first-order chi connectivity index (χ1) is 11.3. The van der Waals surface area contributed by atoms with Crippen molar-refractivity contribution in [1.82, 2.24) is 5.32 Å². The molecular formula is C19H21NO2S. The van der Waals surface area contributed by atoms with Gasteiger partial charge in [-0.05, 0) is 36.2 Å². The molecule has 3 nitrogen and oxygen atoms in total. The van der Waals surface area contributed by atoms with Crippen molar-refractivity contribution in [1.29, 1.82) is 0 Å². The van der Waals surface area contributed by atoms with Gasteiger partial charge in [-0.25, -0.2) is 0 Å². The molecule has 0 radical (unpaired) electrons. The third-order valence-electron chi connectivity index (χ3n) is 3.83. The number of benzene rings is 2. The molecule has 0 aromatic heterocycles. The summed E-state index contributed by atoms with van der Waals surface area (Å²) >= 11 is 1.71. The number of carbonyl (C=O) groups is 1. The lowest BCUT2D eigenvalue weighted by Gasteiger charge is -2.12. The summed E-state index contributed by atoms with van der Waals surface area (Å²) in [6, 6.07) is 17.7. The third kappa shape index (κ3) is 4.08. The topological polar surface area (TPSA) is 38.3 Å². The van der Waals surface area contributed by atoms with Gasteiger partial charge in [0.25, 0.3) is 0 Å². The van der Waals surface area contributed by atoms with E-state index in [4.69, 9.17) is 4.74 Å². The molecule has 0 saturated carbocycles. The minimum Gasteiger partial charge on any atom is -0.457 e. The number of thioether (sulfide) groups is 1. The Labute approximate surface area is 141 Å². The van der Waals surface area contributed by atoms with Gasteiger partial charge >= 0.3 is 0 Å². The van der Waals surface area contributed by atoms with E-state index in [1.54, 1.807) is 11.8 Å². The predicted molar refractivity (Wildman–Crippen MR) is 94.7 cm³/mol. The van der Waals surface area contributed by atoms with Crippen molar-refractivity contribution in [3.05, 3.63) is 60.2 Å². The fourth-order valence-corrected chi connectivity index (χ4v) is 3.91. The average Bonchev–Trinajstić information content (AvgIpc) is 2.95. The van der Waals surface area contributed by atoms with E-state index in [0.29, 0.717) is 0 Å². The zero-order valence-corrected chi connectivity index (χ0v) is 14.0. The molecule has 2 atom stereocenters. The molecule has 1 amide bonds. The Bertz CT molecular complexity index is 659. The third-order valence-corrected chi connectivity index (χ3v) is 5.27. The Morgan fingerprint density at radius 3 is 2.65 bits per heavy atom. The molecular weight excluding hydrogens is 306 g/mol. The smallest absolute Gasteiger partial charge is 0.234 e. The fourth-order valence-electron chi connectivity index (χ4n) is 2.60. The maximum Gasteiger partial charge on any atom is 0.234 e. The van der Waals surface area contributed by atoms with E-state index in [9.17, 15) is 4.79 Å². The Morgan fingerprint density at radius 2 is 1.87 bits per heavy atom. The van der Waals surface area contributed by atoms with Crippen LogP contribution in [0.4, 0.5) is 0 Å². The van der Waals surface area contributed by atoms with E-state index in [1.807, 2.05) is 54.6 Å². The highest BCUT2D eigenvalue weighted by Gasteiger charge is 2.32. The second-order valence-electron chi connectivity index (χ2n) is 5.64. The van der Waals surface area contributed by atoms with Crippen LogP contribution in [-0.4, -0.2) is 11.2 Å². The van der Waals surface area contributed by atoms with E-state index < -0.39 is 0 Å². The predicted octanol–water partition coefficient (Wildman–Crippen LogP) is 4.90. The van der Waals surface area contributed by atoms with Crippen molar-refractivity contribution in [2.45, 2.75) is 36.8 Å². The summed E-state index contributed by atoms with van der Waals surface area (Å²) in [5.74, 6) is 1.76. The number of hydrogen-bond acceptors (Lipinski definition) is 3. The lowest BCUT2D eigenvalue weighted by Crippen LogP contribution is -2.23. The molecule has 0 aliphatic carbocycles. The first kappa shape index (κ1) is 15.9. The van der Waals surface area contributed by atoms with Crippen LogP contribution in [0.1, 0.15) is 37.1 Å². The zero-order chi connectivity index (χ0) is 16.1. The molecule has 23 heavy (non-hydrogen) atoms. The van der Waals surface area contributed by atoms with Crippen molar-refractivity contribution in [2.75, 3.05) is 0 Å². The zero-order valence-electron chi connectivity index (χ0n) is 13.2. The summed E-state index contributed by atoms with van der Waals surface area (Å²) < 4.78 is 5.88. The number of hydrogen-bond donors (Lipinski definition) is 1. The Kier molecular flexibility index (Phi) is 5.23. The minimum atomic E-state index is 0.0173. The number of rotatable bonds is 6. The lowest BCUT2D eigenvalue weighted by atomic mass is 10.2. The van der Waals surface area contributed by atoms with Gasteiger partial charge in [0.2, 0.25) is 5.91 Å². The van der Waals surface area contributed by atoms with Crippen LogP contribution in [0.5, 0.6) is 11.5 Å². The summed E-state index contributed by atoms with van der Waals surface area (Å²) in [5, 5.41) is 3.17. The number of amides is 1. The Balaban J connectivity index is 1.69. The summed E-state index contributed by atoms with van der Waals surface area (Å²) in [5.41, 5.74) is 1.08. The van der Waals surface area contributed by atoms with Crippen molar-refractivity contribution in [2.24, 2.45) is 0 Å². The van der Waals surface area contributed by atoms with Crippen LogP contribution in [0.3, 0.4) is 0 Å². The second-order valence-corrected chi connectivity index (χ2v) is 6.96. The highest BCUT2D eigenvalue weighted by Crippen LogP contribution is 2.39. The molecule has 2 aromatic rings. The number of nitrogens with one attached hydrogen (secondary N) is 1. The highest BCUT2D eigenvalue weighted by atomic mass is 32.2. The van der Waals surface area contributed by atoms with E-state index in [2.05, 4.69) is 12.2 Å². The normalized spacial score (nSPS) is 20.3. The first-order valence-electron chi connectivity index (χ1n) is 8.05. The van der Waals surface area contributed by atoms with Crippen molar-refractivity contribution >= 4 is 17.7 Å². The van der Waals surface area contributed by atoms with Gasteiger partial charge in [0.1, 0.15) is 16.9 Å². The first-order valence-corrected chi connectivity index (χ1v) is 8.99. The lowest BCUT2D eigenvalue weighted by molar-refractivity contribution is -0.120. The standard InChI is InChI=1S/C19H21NO2S/c1-2-3-12-17-18(21)20-19(23-17)14-8-7-11-16(13-14)22-15-9-5-4-6-10-15/h4-11,13,17,19H,2-3,12H2,1H3,(H,20,21). The average molecular weight is 327 g/mol. The molecule has 1 N–H and O–H groups in total. The number of para-hydroxylation sites is 1. The van der Waals surface area contributed by atoms with Crippen LogP contribution >= 0.6 is 11.8 Å². The van der Waals surface area contributed by atoms with Gasteiger partial charge in [0.15, 0.2) is 0 Å². The van der Waals surface area contributed by atoms with Crippen molar-refractivity contribution in [3.8, 4) is 11.5 Å². The molecule has 1 heterocycles. The van der Waals surface area contributed by atoms with Gasteiger partial charge in [0.05, 0.1) is 5.25 Å². The van der Waals surface area contributed by atoms with E-state index in [-0.39, 0.29) is 16.5 Å². The van der Waals surface area contributed by atoms with Crippen LogP contribution in [0.2, 0.25) is 0 Å². The monoisotopic (exact) mass is 327 g/mol. The fraction of sp³-hybridized carbons (Fsp3) is 0.316. The van der Waals surface area contributed by atoms with Gasteiger partial charge in [-0.3, -0.25) is 4.79 Å². The summed E-state index contributed by atoms with van der Waals surface area (Å²) in [7, 11) is 0. The number of ether oxygens (including phenoxy) is 1. The maximum absolute atomic E-state index is 12.1. The molecule has 1 aliphatic rings. The molecule has 2 aromatic carbocycles. The molecule has 3 rings (SSSR count). The van der Waals surface area contributed by atoms with Gasteiger partial charge in [-0.15, -0.1) is 11.8 Å². The van der Waals surface area contributed by atoms with Gasteiger partial charge in [-0.2, -0.15) is 0 Å². The van der Waals surface area contributed by atoms with Crippen LogP contribution in [0, 0.1) is 0 Å². The number of unbranched alkanes of at least 4 members (excludes halogenated alkanes) is 1. The van der Waals surface area contributed by atoms with Gasteiger partial charge < -0.3 is 10.1 Å². The molecule has 1 fully saturated rings. The molecule has 0 bridgehead atoms. The summed E-state index contributed by atoms with van der Waals surface area (Å²) in [6.45, 7) is 2.15. The van der Waals surface area contributed by atoms with Crippen molar-refractivity contribution < 1.29 is 9.53 Å². The minimum absolute atomic E-state index is 0.0173. The SMILES string of the molecule is CCCCC1SC(c2cccc(Oc3ccccc3)c2)NC1=O. The van der Waals surface area contributed by atoms with Gasteiger partial charge in [0, 0.05) is 0 Å². The van der Waals surface area contributed by atoms with Crippen LogP contribution < -0.4 is 10.1 Å². The molecule has 120 valence electrons. The summed E-state index contributed by atoms with van der Waals surface area (Å²) in [4.78, 5) is 12.1. The highest BCUT2D eigenvalue weighted by molar-refractivity contribution is 8.01. The molecule has 1 aliphatic heterocycles. The van der Waals surface area contributed by atoms with Crippen LogP contribution in [0.25, 0.3) is 0 Å². The quantitative estimate of drug-likeness (QED) is 0.820. The van der Waals surface area contributed by atoms with Crippen LogP contribution in [-0.2, 0) is 4.79 Å². The molecule has 2 unspecified atom stereocenters. The van der Waals surface area contributed by atoms with E-state index in [1.165, 1.54) is 0 Å². The van der Waals surface area contributed by atoms with E-state index in [0.717, 1.165) is 36.3 Å². The van der Waals surface area contributed by atoms with E-state index >= 15 is 0 Å². The molecule has 0 spiro atoms. The number of carbonyl (C=O) groups excluding carboxylic acids is 1. The van der Waals surface area contributed by atoms with Crippen LogP contribution in [0.15, 0.2) is 54.6 Å². The molecule has 1 saturated heterocycles. The van der Waals surface area contributed by atoms with Gasteiger partial charge in [-0.1, -0.05) is 50.1 Å². The molecule has 4 heteroatoms. The maximum atomic E-state index is 12.1. The second kappa shape index (κ2) is 7.55. The Morgan fingerprint density at radius 1 is 1.09 bits per heavy atom.